The van der Waals surface area contributed by atoms with E-state index in [1.54, 1.807) is 12.4 Å². The molecule has 1 aromatic heterocycles. The lowest BCUT2D eigenvalue weighted by Crippen LogP contribution is -1.95. The fourth-order valence-corrected chi connectivity index (χ4v) is 1.71. The molecule has 0 N–H and O–H groups in total. The molecular formula is C15H14N2O2. The monoisotopic (exact) mass is 254 g/mol. The van der Waals surface area contributed by atoms with E-state index < -0.39 is 0 Å². The van der Waals surface area contributed by atoms with E-state index in [0.717, 1.165) is 22.3 Å². The van der Waals surface area contributed by atoms with Crippen LogP contribution < -0.4 is 0 Å². The van der Waals surface area contributed by atoms with Gasteiger partial charge in [0, 0.05) is 24.0 Å². The Hall–Kier alpha value is -2.49. The Morgan fingerprint density at radius 2 is 1.95 bits per heavy atom. The van der Waals surface area contributed by atoms with Gasteiger partial charge in [0.05, 0.1) is 7.11 Å². The largest absolute Gasteiger partial charge is 0.466 e. The van der Waals surface area contributed by atoms with Crippen molar-refractivity contribution < 1.29 is 9.53 Å². The van der Waals surface area contributed by atoms with Crippen molar-refractivity contribution in [1.29, 1.82) is 0 Å². The number of rotatable bonds is 3. The maximum Gasteiger partial charge on any atom is 0.330 e. The molecule has 2 aromatic rings. The second-order valence-electron chi connectivity index (χ2n) is 4.06. The molecule has 2 rings (SSSR count). The van der Waals surface area contributed by atoms with Crippen LogP contribution in [0.4, 0.5) is 0 Å². The zero-order chi connectivity index (χ0) is 13.7. The Morgan fingerprint density at radius 3 is 2.63 bits per heavy atom. The number of allylic oxidation sites excluding steroid dienone is 1. The molecule has 0 aliphatic heterocycles. The second-order valence-corrected chi connectivity index (χ2v) is 4.06. The number of aromatic nitrogens is 2. The maximum atomic E-state index is 11.2. The molecule has 0 saturated heterocycles. The number of methoxy groups -OCH3 is 1. The van der Waals surface area contributed by atoms with E-state index in [1.165, 1.54) is 19.5 Å². The quantitative estimate of drug-likeness (QED) is 0.624. The van der Waals surface area contributed by atoms with Crippen molar-refractivity contribution in [2.24, 2.45) is 0 Å². The third-order valence-electron chi connectivity index (χ3n) is 2.75. The van der Waals surface area contributed by atoms with Crippen LogP contribution in [0.25, 0.3) is 16.7 Å². The van der Waals surface area contributed by atoms with Crippen molar-refractivity contribution in [1.82, 2.24) is 9.97 Å². The van der Waals surface area contributed by atoms with Gasteiger partial charge in [-0.15, -0.1) is 0 Å². The van der Waals surface area contributed by atoms with E-state index in [-0.39, 0.29) is 5.97 Å². The van der Waals surface area contributed by atoms with Crippen molar-refractivity contribution in [2.45, 2.75) is 6.92 Å². The molecule has 19 heavy (non-hydrogen) atoms. The lowest BCUT2D eigenvalue weighted by atomic mass is 10.0. The van der Waals surface area contributed by atoms with Gasteiger partial charge in [-0.3, -0.25) is 0 Å². The molecule has 0 spiro atoms. The first kappa shape index (κ1) is 13.0. The molecule has 0 atom stereocenters. The normalized spacial score (nSPS) is 11.2. The Morgan fingerprint density at radius 1 is 1.21 bits per heavy atom. The first-order chi connectivity index (χ1) is 9.20. The number of benzene rings is 1. The predicted molar refractivity (Wildman–Crippen MR) is 73.1 cm³/mol. The van der Waals surface area contributed by atoms with Gasteiger partial charge in [0.2, 0.25) is 0 Å². The van der Waals surface area contributed by atoms with E-state index in [9.17, 15) is 4.79 Å². The van der Waals surface area contributed by atoms with Gasteiger partial charge >= 0.3 is 5.97 Å². The van der Waals surface area contributed by atoms with E-state index in [4.69, 9.17) is 0 Å². The summed E-state index contributed by atoms with van der Waals surface area (Å²) >= 11 is 0. The van der Waals surface area contributed by atoms with Gasteiger partial charge in [-0.2, -0.15) is 0 Å². The standard InChI is InChI=1S/C15H14N2O2/c1-11(6-15(18)19-2)12-4-3-5-13(7-12)14-8-16-10-17-9-14/h3-10H,1-2H3/b11-6+. The van der Waals surface area contributed by atoms with E-state index in [0.29, 0.717) is 0 Å². The molecule has 4 nitrogen and oxygen atoms in total. The first-order valence-corrected chi connectivity index (χ1v) is 5.83. The summed E-state index contributed by atoms with van der Waals surface area (Å²) in [5.41, 5.74) is 3.77. The van der Waals surface area contributed by atoms with Gasteiger partial charge in [-0.25, -0.2) is 14.8 Å². The van der Waals surface area contributed by atoms with E-state index in [1.807, 2.05) is 31.2 Å². The van der Waals surface area contributed by atoms with Gasteiger partial charge in [-0.05, 0) is 29.7 Å². The molecule has 1 aromatic carbocycles. The van der Waals surface area contributed by atoms with Crippen LogP contribution in [0, 0.1) is 0 Å². The number of hydrogen-bond acceptors (Lipinski definition) is 4. The number of hydrogen-bond donors (Lipinski definition) is 0. The van der Waals surface area contributed by atoms with Crippen LogP contribution in [0.1, 0.15) is 12.5 Å². The number of carbonyl (C=O) groups excluding carboxylic acids is 1. The first-order valence-electron chi connectivity index (χ1n) is 5.83. The van der Waals surface area contributed by atoms with Crippen LogP contribution in [0.5, 0.6) is 0 Å². The fourth-order valence-electron chi connectivity index (χ4n) is 1.71. The Balaban J connectivity index is 2.35. The molecule has 0 radical (unpaired) electrons. The number of esters is 1. The van der Waals surface area contributed by atoms with Crippen LogP contribution in [-0.4, -0.2) is 23.0 Å². The number of nitrogens with zero attached hydrogens (tertiary/aromatic N) is 2. The van der Waals surface area contributed by atoms with Gasteiger partial charge in [0.25, 0.3) is 0 Å². The molecule has 1 heterocycles. The average molecular weight is 254 g/mol. The summed E-state index contributed by atoms with van der Waals surface area (Å²) in [6.07, 6.45) is 6.48. The second kappa shape index (κ2) is 5.91. The summed E-state index contributed by atoms with van der Waals surface area (Å²) < 4.78 is 4.62. The molecule has 0 amide bonds. The minimum Gasteiger partial charge on any atom is -0.466 e. The lowest BCUT2D eigenvalue weighted by molar-refractivity contribution is -0.134. The minimum atomic E-state index is -0.356. The molecule has 0 fully saturated rings. The summed E-state index contributed by atoms with van der Waals surface area (Å²) in [4.78, 5) is 19.2. The van der Waals surface area contributed by atoms with Gasteiger partial charge in [-0.1, -0.05) is 18.2 Å². The predicted octanol–water partition coefficient (Wildman–Crippen LogP) is 2.72. The van der Waals surface area contributed by atoms with Crippen molar-refractivity contribution in [3.05, 3.63) is 54.6 Å². The summed E-state index contributed by atoms with van der Waals surface area (Å²) in [6.45, 7) is 1.87. The Bertz CT molecular complexity index is 607. The van der Waals surface area contributed by atoms with Gasteiger partial charge < -0.3 is 4.74 Å². The third kappa shape index (κ3) is 3.25. The summed E-state index contributed by atoms with van der Waals surface area (Å²) in [6, 6.07) is 7.86. The fraction of sp³-hybridized carbons (Fsp3) is 0.133. The van der Waals surface area contributed by atoms with Crippen LogP contribution in [-0.2, 0) is 9.53 Å². The Labute approximate surface area is 111 Å². The summed E-state index contributed by atoms with van der Waals surface area (Å²) in [5, 5.41) is 0. The lowest BCUT2D eigenvalue weighted by Gasteiger charge is -2.05. The average Bonchev–Trinajstić information content (AvgIpc) is 2.48. The topological polar surface area (TPSA) is 52.1 Å². The minimum absolute atomic E-state index is 0.356. The highest BCUT2D eigenvalue weighted by atomic mass is 16.5. The summed E-state index contributed by atoms with van der Waals surface area (Å²) in [5.74, 6) is -0.356. The van der Waals surface area contributed by atoms with Crippen LogP contribution in [0.2, 0.25) is 0 Å². The molecule has 96 valence electrons. The molecule has 0 saturated carbocycles. The zero-order valence-electron chi connectivity index (χ0n) is 10.8. The van der Waals surface area contributed by atoms with E-state index >= 15 is 0 Å². The smallest absolute Gasteiger partial charge is 0.330 e. The molecular weight excluding hydrogens is 240 g/mol. The van der Waals surface area contributed by atoms with Gasteiger partial charge in [0.15, 0.2) is 0 Å². The molecule has 0 bridgehead atoms. The maximum absolute atomic E-state index is 11.2. The van der Waals surface area contributed by atoms with Gasteiger partial charge in [0.1, 0.15) is 6.33 Å². The number of carbonyl (C=O) groups is 1. The molecule has 4 heteroatoms. The SMILES string of the molecule is COC(=O)/C=C(\C)c1cccc(-c2cncnc2)c1. The molecule has 0 unspecified atom stereocenters. The molecule has 0 aliphatic rings. The highest BCUT2D eigenvalue weighted by Crippen LogP contribution is 2.22. The van der Waals surface area contributed by atoms with Crippen LogP contribution in [0.15, 0.2) is 49.1 Å². The van der Waals surface area contributed by atoms with Crippen molar-refractivity contribution in [3.8, 4) is 11.1 Å². The highest BCUT2D eigenvalue weighted by Gasteiger charge is 2.03. The highest BCUT2D eigenvalue weighted by molar-refractivity contribution is 5.91. The van der Waals surface area contributed by atoms with Crippen LogP contribution in [0.3, 0.4) is 0 Å². The summed E-state index contributed by atoms with van der Waals surface area (Å²) in [7, 11) is 1.36. The van der Waals surface area contributed by atoms with Crippen LogP contribution >= 0.6 is 0 Å². The third-order valence-corrected chi connectivity index (χ3v) is 2.75. The van der Waals surface area contributed by atoms with Crippen molar-refractivity contribution in [2.75, 3.05) is 7.11 Å². The Kier molecular flexibility index (Phi) is 4.03. The molecule has 0 aliphatic carbocycles. The van der Waals surface area contributed by atoms with Crippen molar-refractivity contribution >= 4 is 11.5 Å². The zero-order valence-corrected chi connectivity index (χ0v) is 10.8. The van der Waals surface area contributed by atoms with E-state index in [2.05, 4.69) is 14.7 Å². The van der Waals surface area contributed by atoms with Crippen molar-refractivity contribution in [3.63, 3.8) is 0 Å². The number of ether oxygens (including phenoxy) is 1.